The molecule has 22 heavy (non-hydrogen) atoms. The zero-order chi connectivity index (χ0) is 15.5. The number of carbonyl (C=O) groups excluding carboxylic acids is 1. The van der Waals surface area contributed by atoms with E-state index in [1.54, 1.807) is 0 Å². The van der Waals surface area contributed by atoms with Crippen LogP contribution in [-0.4, -0.2) is 11.2 Å². The third-order valence-corrected chi connectivity index (χ3v) is 8.23. The number of carbonyl (C=O) groups is 1. The molecule has 4 rings (SSSR count). The van der Waals surface area contributed by atoms with Crippen molar-refractivity contribution in [3.8, 4) is 0 Å². The van der Waals surface area contributed by atoms with E-state index in [2.05, 4.69) is 13.8 Å². The summed E-state index contributed by atoms with van der Waals surface area (Å²) in [6.45, 7) is 4.75. The lowest BCUT2D eigenvalue weighted by Crippen LogP contribution is -2.47. The minimum Gasteiger partial charge on any atom is -0.295 e. The van der Waals surface area contributed by atoms with Crippen molar-refractivity contribution in [2.45, 2.75) is 70.6 Å². The normalized spacial score (nSPS) is 49.0. The van der Waals surface area contributed by atoms with Crippen LogP contribution >= 0.6 is 11.6 Å². The SMILES string of the molecule is CC(Cl)C1CC[C@H]2[C@@H]3CCC4=CC(=O)CC[C@@H]4[C@H]3CC[C@]12C. The summed E-state index contributed by atoms with van der Waals surface area (Å²) in [5.74, 6) is 4.46. The van der Waals surface area contributed by atoms with Crippen LogP contribution in [0.5, 0.6) is 0 Å². The Hall–Kier alpha value is -0.300. The van der Waals surface area contributed by atoms with Gasteiger partial charge in [0.25, 0.3) is 0 Å². The molecule has 0 radical (unpaired) electrons. The standard InChI is InChI=1S/C20H29ClO/c1-12(21)18-7-8-19-17-5-3-13-11-14(22)4-6-15(13)16(17)9-10-20(18,19)2/h11-12,15-19H,3-10H2,1-2H3/t12?,15-,16+,17+,18?,19-,20+/m0/s1. The summed E-state index contributed by atoms with van der Waals surface area (Å²) in [5, 5.41) is 0.317. The van der Waals surface area contributed by atoms with E-state index in [-0.39, 0.29) is 0 Å². The van der Waals surface area contributed by atoms with Gasteiger partial charge in [0, 0.05) is 11.8 Å². The second-order valence-electron chi connectivity index (χ2n) is 8.71. The zero-order valence-corrected chi connectivity index (χ0v) is 14.7. The molecule has 0 aromatic heterocycles. The van der Waals surface area contributed by atoms with Gasteiger partial charge >= 0.3 is 0 Å². The predicted octanol–water partition coefficient (Wildman–Crippen LogP) is 5.37. The van der Waals surface area contributed by atoms with E-state index in [4.69, 9.17) is 11.6 Å². The minimum atomic E-state index is 0.317. The van der Waals surface area contributed by atoms with E-state index in [1.807, 2.05) is 6.08 Å². The van der Waals surface area contributed by atoms with E-state index in [9.17, 15) is 4.79 Å². The van der Waals surface area contributed by atoms with Crippen LogP contribution in [0.25, 0.3) is 0 Å². The Morgan fingerprint density at radius 2 is 1.95 bits per heavy atom. The molecule has 0 heterocycles. The molecule has 0 aromatic rings. The molecule has 122 valence electrons. The fourth-order valence-electron chi connectivity index (χ4n) is 6.98. The lowest BCUT2D eigenvalue weighted by molar-refractivity contribution is -0.116. The summed E-state index contributed by atoms with van der Waals surface area (Å²) >= 11 is 6.55. The molecule has 4 aliphatic carbocycles. The molecule has 3 fully saturated rings. The molecular weight excluding hydrogens is 292 g/mol. The van der Waals surface area contributed by atoms with Gasteiger partial charge in [-0.25, -0.2) is 0 Å². The quantitative estimate of drug-likeness (QED) is 0.593. The maximum Gasteiger partial charge on any atom is 0.155 e. The van der Waals surface area contributed by atoms with Gasteiger partial charge in [0.1, 0.15) is 0 Å². The molecule has 0 N–H and O–H groups in total. The molecule has 0 aromatic carbocycles. The molecular formula is C20H29ClO. The fourth-order valence-corrected chi connectivity index (χ4v) is 7.39. The van der Waals surface area contributed by atoms with Crippen molar-refractivity contribution in [1.29, 1.82) is 0 Å². The van der Waals surface area contributed by atoms with Crippen LogP contribution < -0.4 is 0 Å². The maximum absolute atomic E-state index is 11.7. The minimum absolute atomic E-state index is 0.317. The lowest BCUT2D eigenvalue weighted by atomic mass is 9.51. The Morgan fingerprint density at radius 1 is 1.14 bits per heavy atom. The van der Waals surface area contributed by atoms with Crippen molar-refractivity contribution in [2.24, 2.45) is 35.0 Å². The number of fused-ring (bicyclic) bond motifs is 5. The van der Waals surface area contributed by atoms with Gasteiger partial charge in [-0.1, -0.05) is 12.5 Å². The highest BCUT2D eigenvalue weighted by molar-refractivity contribution is 6.20. The van der Waals surface area contributed by atoms with E-state index in [1.165, 1.54) is 44.1 Å². The van der Waals surface area contributed by atoms with Crippen LogP contribution in [0.1, 0.15) is 65.2 Å². The van der Waals surface area contributed by atoms with Crippen LogP contribution in [0.4, 0.5) is 0 Å². The summed E-state index contributed by atoms with van der Waals surface area (Å²) in [6.07, 6.45) is 11.9. The van der Waals surface area contributed by atoms with Gasteiger partial charge in [-0.05, 0) is 93.0 Å². The second-order valence-corrected chi connectivity index (χ2v) is 9.40. The molecule has 0 amide bonds. The van der Waals surface area contributed by atoms with Gasteiger partial charge in [0.2, 0.25) is 0 Å². The average molecular weight is 321 g/mol. The average Bonchev–Trinajstić information content (AvgIpc) is 2.84. The number of rotatable bonds is 1. The molecule has 0 saturated heterocycles. The molecule has 1 nitrogen and oxygen atoms in total. The summed E-state index contributed by atoms with van der Waals surface area (Å²) in [5.41, 5.74) is 1.98. The van der Waals surface area contributed by atoms with Gasteiger partial charge in [-0.3, -0.25) is 4.79 Å². The maximum atomic E-state index is 11.7. The largest absolute Gasteiger partial charge is 0.295 e. The highest BCUT2D eigenvalue weighted by atomic mass is 35.5. The number of alkyl halides is 1. The Kier molecular flexibility index (Phi) is 3.72. The second kappa shape index (κ2) is 5.36. The first-order chi connectivity index (χ1) is 10.5. The Bertz CT molecular complexity index is 508. The first kappa shape index (κ1) is 15.2. The smallest absolute Gasteiger partial charge is 0.155 e. The number of ketones is 1. The number of halogens is 1. The summed E-state index contributed by atoms with van der Waals surface area (Å²) < 4.78 is 0. The van der Waals surface area contributed by atoms with Crippen molar-refractivity contribution < 1.29 is 4.79 Å². The highest BCUT2D eigenvalue weighted by Gasteiger charge is 2.56. The molecule has 4 aliphatic rings. The van der Waals surface area contributed by atoms with Crippen LogP contribution in [-0.2, 0) is 4.79 Å². The molecule has 2 heteroatoms. The Balaban J connectivity index is 1.61. The van der Waals surface area contributed by atoms with E-state index >= 15 is 0 Å². The van der Waals surface area contributed by atoms with Gasteiger partial charge in [-0.15, -0.1) is 11.6 Å². The van der Waals surface area contributed by atoms with E-state index < -0.39 is 0 Å². The first-order valence-corrected chi connectivity index (χ1v) is 9.81. The number of hydrogen-bond acceptors (Lipinski definition) is 1. The monoisotopic (exact) mass is 320 g/mol. The Morgan fingerprint density at radius 3 is 2.73 bits per heavy atom. The summed E-state index contributed by atoms with van der Waals surface area (Å²) in [4.78, 5) is 11.7. The molecule has 2 unspecified atom stereocenters. The Labute approximate surface area is 139 Å². The molecule has 0 aliphatic heterocycles. The van der Waals surface area contributed by atoms with Crippen molar-refractivity contribution in [1.82, 2.24) is 0 Å². The first-order valence-electron chi connectivity index (χ1n) is 9.38. The van der Waals surface area contributed by atoms with Crippen molar-refractivity contribution >= 4 is 17.4 Å². The molecule has 0 bridgehead atoms. The van der Waals surface area contributed by atoms with Gasteiger partial charge < -0.3 is 0 Å². The van der Waals surface area contributed by atoms with Gasteiger partial charge in [0.15, 0.2) is 5.78 Å². The molecule has 0 spiro atoms. The third-order valence-electron chi connectivity index (χ3n) is 7.93. The molecule has 3 saturated carbocycles. The number of hydrogen-bond donors (Lipinski definition) is 0. The van der Waals surface area contributed by atoms with Crippen LogP contribution in [0.15, 0.2) is 11.6 Å². The summed E-state index contributed by atoms with van der Waals surface area (Å²) in [6, 6.07) is 0. The fraction of sp³-hybridized carbons (Fsp3) is 0.850. The van der Waals surface area contributed by atoms with Crippen LogP contribution in [0, 0.1) is 35.0 Å². The van der Waals surface area contributed by atoms with Crippen molar-refractivity contribution in [3.63, 3.8) is 0 Å². The van der Waals surface area contributed by atoms with Crippen LogP contribution in [0.2, 0.25) is 0 Å². The van der Waals surface area contributed by atoms with E-state index in [0.29, 0.717) is 22.5 Å². The molecule has 7 atom stereocenters. The zero-order valence-electron chi connectivity index (χ0n) is 14.0. The van der Waals surface area contributed by atoms with Gasteiger partial charge in [-0.2, -0.15) is 0 Å². The van der Waals surface area contributed by atoms with Gasteiger partial charge in [0.05, 0.1) is 0 Å². The third kappa shape index (κ3) is 2.14. The van der Waals surface area contributed by atoms with E-state index in [0.717, 1.165) is 36.5 Å². The number of allylic oxidation sites excluding steroid dienone is 1. The van der Waals surface area contributed by atoms with Crippen molar-refractivity contribution in [3.05, 3.63) is 11.6 Å². The van der Waals surface area contributed by atoms with Crippen LogP contribution in [0.3, 0.4) is 0 Å². The van der Waals surface area contributed by atoms with Crippen molar-refractivity contribution in [2.75, 3.05) is 0 Å². The predicted molar refractivity (Wildman–Crippen MR) is 90.9 cm³/mol. The topological polar surface area (TPSA) is 17.1 Å². The highest BCUT2D eigenvalue weighted by Crippen LogP contribution is 2.64. The lowest BCUT2D eigenvalue weighted by Gasteiger charge is -2.54. The summed E-state index contributed by atoms with van der Waals surface area (Å²) in [7, 11) is 0.